The summed E-state index contributed by atoms with van der Waals surface area (Å²) >= 11 is 3.74. The van der Waals surface area contributed by atoms with Gasteiger partial charge in [-0.2, -0.15) is 0 Å². The predicted octanol–water partition coefficient (Wildman–Crippen LogP) is 4.41. The number of ether oxygens (including phenoxy) is 1. The first kappa shape index (κ1) is 19.4. The first-order valence-corrected chi connectivity index (χ1v) is 12.2. The fourth-order valence-electron chi connectivity index (χ4n) is 4.34. The molecule has 4 heterocycles. The second kappa shape index (κ2) is 8.30. The van der Waals surface area contributed by atoms with Crippen molar-refractivity contribution in [2.75, 3.05) is 38.3 Å². The van der Waals surface area contributed by atoms with E-state index in [0.717, 1.165) is 51.0 Å². The van der Waals surface area contributed by atoms with Gasteiger partial charge in [0.15, 0.2) is 0 Å². The van der Waals surface area contributed by atoms with Crippen LogP contribution in [0, 0.1) is 6.92 Å². The monoisotopic (exact) mass is 428 g/mol. The van der Waals surface area contributed by atoms with E-state index >= 15 is 0 Å². The second-order valence-electron chi connectivity index (χ2n) is 8.13. The molecule has 0 aromatic carbocycles. The smallest absolute Gasteiger partial charge is 0.146 e. The highest BCUT2D eigenvalue weighted by Gasteiger charge is 2.24. The van der Waals surface area contributed by atoms with Gasteiger partial charge in [-0.25, -0.2) is 9.97 Å². The summed E-state index contributed by atoms with van der Waals surface area (Å²) in [6.45, 7) is 7.44. The summed E-state index contributed by atoms with van der Waals surface area (Å²) in [6, 6.07) is 2.21. The van der Waals surface area contributed by atoms with Gasteiger partial charge in [0.05, 0.1) is 31.7 Å². The van der Waals surface area contributed by atoms with Gasteiger partial charge in [0.2, 0.25) is 0 Å². The average molecular weight is 429 g/mol. The van der Waals surface area contributed by atoms with Gasteiger partial charge in [-0.15, -0.1) is 22.7 Å². The lowest BCUT2D eigenvalue weighted by molar-refractivity contribution is 0.0331. The Morgan fingerprint density at radius 2 is 2.00 bits per heavy atom. The Morgan fingerprint density at radius 1 is 1.17 bits per heavy atom. The zero-order valence-corrected chi connectivity index (χ0v) is 18.9. The summed E-state index contributed by atoms with van der Waals surface area (Å²) in [5.41, 5.74) is 2.88. The van der Waals surface area contributed by atoms with Crippen LogP contribution in [0.15, 0.2) is 11.4 Å². The maximum atomic E-state index is 5.51. The van der Waals surface area contributed by atoms with Crippen LogP contribution in [0.1, 0.15) is 39.5 Å². The van der Waals surface area contributed by atoms with Gasteiger partial charge in [-0.3, -0.25) is 4.90 Å². The first-order valence-electron chi connectivity index (χ1n) is 10.5. The molecule has 7 heteroatoms. The third-order valence-electron chi connectivity index (χ3n) is 6.02. The van der Waals surface area contributed by atoms with Gasteiger partial charge in [0.1, 0.15) is 16.5 Å². The predicted molar refractivity (Wildman–Crippen MR) is 121 cm³/mol. The van der Waals surface area contributed by atoms with Crippen molar-refractivity contribution < 1.29 is 4.74 Å². The summed E-state index contributed by atoms with van der Waals surface area (Å²) in [6.07, 6.45) is 4.94. The fourth-order valence-corrected chi connectivity index (χ4v) is 6.58. The molecule has 5 nitrogen and oxygen atoms in total. The second-order valence-corrected chi connectivity index (χ2v) is 10.2. The zero-order valence-electron chi connectivity index (χ0n) is 17.2. The van der Waals surface area contributed by atoms with Crippen molar-refractivity contribution in [1.82, 2.24) is 14.9 Å². The van der Waals surface area contributed by atoms with Crippen LogP contribution in [0.25, 0.3) is 10.2 Å². The van der Waals surface area contributed by atoms with E-state index in [0.29, 0.717) is 0 Å². The summed E-state index contributed by atoms with van der Waals surface area (Å²) < 4.78 is 5.51. The van der Waals surface area contributed by atoms with Crippen molar-refractivity contribution in [3.8, 4) is 0 Å². The highest BCUT2D eigenvalue weighted by molar-refractivity contribution is 7.19. The molecule has 1 saturated heterocycles. The minimum atomic E-state index is 0.806. The van der Waals surface area contributed by atoms with Crippen LogP contribution in [0.4, 0.5) is 5.82 Å². The number of hydrogen-bond acceptors (Lipinski definition) is 7. The van der Waals surface area contributed by atoms with E-state index in [1.807, 2.05) is 22.7 Å². The van der Waals surface area contributed by atoms with Crippen molar-refractivity contribution in [3.05, 3.63) is 38.2 Å². The molecule has 154 valence electrons. The molecule has 2 aliphatic rings. The van der Waals surface area contributed by atoms with E-state index in [-0.39, 0.29) is 0 Å². The van der Waals surface area contributed by atoms with Gasteiger partial charge >= 0.3 is 0 Å². The normalized spacial score (nSPS) is 17.6. The molecule has 0 unspecified atom stereocenters. The minimum Gasteiger partial charge on any atom is -0.379 e. The average Bonchev–Trinajstić information content (AvgIpc) is 3.31. The lowest BCUT2D eigenvalue weighted by atomic mass is 9.97. The van der Waals surface area contributed by atoms with Crippen LogP contribution >= 0.6 is 22.7 Å². The largest absolute Gasteiger partial charge is 0.379 e. The maximum Gasteiger partial charge on any atom is 0.146 e. The van der Waals surface area contributed by atoms with E-state index in [2.05, 4.69) is 35.2 Å². The SMILES string of the molecule is Cc1ccsc1CN(C)c1nc(CN2CCOCC2)nc2sc3c(c12)CCCC3. The van der Waals surface area contributed by atoms with Gasteiger partial charge in [-0.1, -0.05) is 0 Å². The number of nitrogens with zero attached hydrogens (tertiary/aromatic N) is 4. The Bertz CT molecular complexity index is 1010. The Hall–Kier alpha value is -1.54. The quantitative estimate of drug-likeness (QED) is 0.602. The number of morpholine rings is 1. The summed E-state index contributed by atoms with van der Waals surface area (Å²) in [5, 5.41) is 3.50. The Morgan fingerprint density at radius 3 is 2.79 bits per heavy atom. The lowest BCUT2D eigenvalue weighted by Crippen LogP contribution is -2.36. The van der Waals surface area contributed by atoms with Crippen molar-refractivity contribution in [1.29, 1.82) is 0 Å². The van der Waals surface area contributed by atoms with Crippen LogP contribution in [-0.2, 0) is 30.7 Å². The number of aryl methyl sites for hydroxylation is 3. The molecule has 3 aromatic heterocycles. The molecule has 0 spiro atoms. The Labute approximate surface area is 180 Å². The van der Waals surface area contributed by atoms with E-state index < -0.39 is 0 Å². The van der Waals surface area contributed by atoms with Crippen LogP contribution in [0.5, 0.6) is 0 Å². The third-order valence-corrected chi connectivity index (χ3v) is 8.21. The van der Waals surface area contributed by atoms with E-state index in [4.69, 9.17) is 14.7 Å². The topological polar surface area (TPSA) is 41.5 Å². The van der Waals surface area contributed by atoms with E-state index in [1.54, 1.807) is 0 Å². The van der Waals surface area contributed by atoms with Crippen molar-refractivity contribution >= 4 is 38.7 Å². The van der Waals surface area contributed by atoms with E-state index in [1.165, 1.54) is 56.8 Å². The summed E-state index contributed by atoms with van der Waals surface area (Å²) in [5.74, 6) is 2.06. The number of thiophene rings is 2. The molecule has 0 saturated carbocycles. The molecule has 0 bridgehead atoms. The molecular weight excluding hydrogens is 400 g/mol. The van der Waals surface area contributed by atoms with E-state index in [9.17, 15) is 0 Å². The number of fused-ring (bicyclic) bond motifs is 3. The molecule has 1 fully saturated rings. The minimum absolute atomic E-state index is 0.806. The number of aromatic nitrogens is 2. The zero-order chi connectivity index (χ0) is 19.8. The highest BCUT2D eigenvalue weighted by atomic mass is 32.1. The number of hydrogen-bond donors (Lipinski definition) is 0. The first-order chi connectivity index (χ1) is 14.2. The van der Waals surface area contributed by atoms with Gasteiger partial charge in [0.25, 0.3) is 0 Å². The lowest BCUT2D eigenvalue weighted by Gasteiger charge is -2.26. The molecular formula is C22H28N4OS2. The van der Waals surface area contributed by atoms with Crippen LogP contribution in [-0.4, -0.2) is 48.2 Å². The third kappa shape index (κ3) is 3.93. The molecule has 29 heavy (non-hydrogen) atoms. The molecule has 0 N–H and O–H groups in total. The van der Waals surface area contributed by atoms with Crippen LogP contribution < -0.4 is 4.90 Å². The number of rotatable bonds is 5. The number of anilines is 1. The molecule has 0 atom stereocenters. The molecule has 3 aromatic rings. The Kier molecular flexibility index (Phi) is 5.56. The van der Waals surface area contributed by atoms with Crippen molar-refractivity contribution in [2.24, 2.45) is 0 Å². The van der Waals surface area contributed by atoms with Crippen LogP contribution in [0.3, 0.4) is 0 Å². The van der Waals surface area contributed by atoms with Gasteiger partial charge < -0.3 is 9.64 Å². The van der Waals surface area contributed by atoms with Crippen molar-refractivity contribution in [3.63, 3.8) is 0 Å². The van der Waals surface area contributed by atoms with Crippen molar-refractivity contribution in [2.45, 2.75) is 45.7 Å². The molecule has 1 aliphatic carbocycles. The highest BCUT2D eigenvalue weighted by Crippen LogP contribution is 2.40. The standard InChI is InChI=1S/C22H28N4OS2/c1-15-7-12-28-18(15)13-25(2)21-20-16-5-3-4-6-17(16)29-22(20)24-19(23-21)14-26-8-10-27-11-9-26/h7,12H,3-6,8-11,13-14H2,1-2H3. The van der Waals surface area contributed by atoms with Gasteiger partial charge in [0, 0.05) is 29.9 Å². The molecule has 0 amide bonds. The summed E-state index contributed by atoms with van der Waals surface area (Å²) in [4.78, 5) is 19.0. The Balaban J connectivity index is 1.54. The molecule has 0 radical (unpaired) electrons. The maximum absolute atomic E-state index is 5.51. The fraction of sp³-hybridized carbons (Fsp3) is 0.545. The van der Waals surface area contributed by atoms with Gasteiger partial charge in [-0.05, 0) is 55.2 Å². The summed E-state index contributed by atoms with van der Waals surface area (Å²) in [7, 11) is 2.19. The van der Waals surface area contributed by atoms with Crippen LogP contribution in [0.2, 0.25) is 0 Å². The molecule has 1 aliphatic heterocycles. The molecule has 5 rings (SSSR count).